The SMILES string of the molecule is CN(F)CCc1ccccc1. The third-order valence-corrected chi connectivity index (χ3v) is 1.55. The first kappa shape index (κ1) is 8.21. The highest BCUT2D eigenvalue weighted by molar-refractivity contribution is 5.14. The molecule has 0 N–H and O–H groups in total. The molecule has 0 heterocycles. The van der Waals surface area contributed by atoms with Crippen LogP contribution in [0, 0.1) is 0 Å². The molecule has 0 saturated carbocycles. The first-order valence-corrected chi connectivity index (χ1v) is 3.70. The summed E-state index contributed by atoms with van der Waals surface area (Å²) in [6.45, 7) is 0.462. The molecule has 0 amide bonds. The fourth-order valence-electron chi connectivity index (χ4n) is 0.928. The van der Waals surface area contributed by atoms with Crippen LogP contribution >= 0.6 is 0 Å². The molecule has 0 bridgehead atoms. The Bertz CT molecular complexity index is 196. The van der Waals surface area contributed by atoms with Crippen molar-refractivity contribution >= 4 is 0 Å². The van der Waals surface area contributed by atoms with Crippen LogP contribution in [0.15, 0.2) is 30.3 Å². The number of hydrogen-bond donors (Lipinski definition) is 0. The number of nitrogens with zero attached hydrogens (tertiary/aromatic N) is 1. The Hall–Kier alpha value is -0.890. The van der Waals surface area contributed by atoms with E-state index in [2.05, 4.69) is 0 Å². The van der Waals surface area contributed by atoms with E-state index in [-0.39, 0.29) is 0 Å². The lowest BCUT2D eigenvalue weighted by Crippen LogP contribution is -2.10. The van der Waals surface area contributed by atoms with Crippen molar-refractivity contribution in [3.05, 3.63) is 35.9 Å². The van der Waals surface area contributed by atoms with E-state index in [1.54, 1.807) is 0 Å². The number of halogens is 1. The van der Waals surface area contributed by atoms with Gasteiger partial charge in [-0.15, -0.1) is 9.60 Å². The Labute approximate surface area is 66.4 Å². The zero-order chi connectivity index (χ0) is 8.10. The summed E-state index contributed by atoms with van der Waals surface area (Å²) in [6, 6.07) is 9.90. The Balaban J connectivity index is 2.39. The molecule has 0 saturated heterocycles. The molecule has 1 nitrogen and oxygen atoms in total. The summed E-state index contributed by atoms with van der Waals surface area (Å²) in [7, 11) is 1.43. The van der Waals surface area contributed by atoms with Gasteiger partial charge in [-0.1, -0.05) is 30.3 Å². The summed E-state index contributed by atoms with van der Waals surface area (Å²) in [4.78, 5) is 0. The summed E-state index contributed by atoms with van der Waals surface area (Å²) >= 11 is 0. The zero-order valence-corrected chi connectivity index (χ0v) is 6.63. The number of hydrogen-bond acceptors (Lipinski definition) is 1. The molecule has 0 aliphatic rings. The minimum absolute atomic E-state index is 0.462. The average Bonchev–Trinajstić information content (AvgIpc) is 2.03. The fourth-order valence-corrected chi connectivity index (χ4v) is 0.928. The maximum atomic E-state index is 12.2. The summed E-state index contributed by atoms with van der Waals surface area (Å²) in [5.74, 6) is 0. The predicted molar refractivity (Wildman–Crippen MR) is 43.9 cm³/mol. The molecule has 0 radical (unpaired) electrons. The van der Waals surface area contributed by atoms with Crippen molar-refractivity contribution in [2.24, 2.45) is 0 Å². The highest BCUT2D eigenvalue weighted by Gasteiger charge is 1.94. The topological polar surface area (TPSA) is 3.24 Å². The molecule has 1 aromatic rings. The van der Waals surface area contributed by atoms with Crippen LogP contribution in [0.1, 0.15) is 5.56 Å². The van der Waals surface area contributed by atoms with Crippen LogP contribution in [-0.2, 0) is 6.42 Å². The van der Waals surface area contributed by atoms with Gasteiger partial charge in [0.15, 0.2) is 0 Å². The summed E-state index contributed by atoms with van der Waals surface area (Å²) < 4.78 is 12.2. The van der Waals surface area contributed by atoms with Crippen LogP contribution in [0.5, 0.6) is 0 Å². The smallest absolute Gasteiger partial charge is 0.0327 e. The van der Waals surface area contributed by atoms with Crippen molar-refractivity contribution < 1.29 is 4.48 Å². The van der Waals surface area contributed by atoms with Gasteiger partial charge in [-0.2, -0.15) is 0 Å². The predicted octanol–water partition coefficient (Wildman–Crippen LogP) is 2.05. The Morgan fingerprint density at radius 3 is 2.45 bits per heavy atom. The van der Waals surface area contributed by atoms with E-state index < -0.39 is 0 Å². The van der Waals surface area contributed by atoms with Gasteiger partial charge in [0.25, 0.3) is 0 Å². The van der Waals surface area contributed by atoms with Crippen molar-refractivity contribution in [1.82, 2.24) is 5.12 Å². The fraction of sp³-hybridized carbons (Fsp3) is 0.333. The molecular weight excluding hydrogens is 141 g/mol. The van der Waals surface area contributed by atoms with E-state index in [1.165, 1.54) is 12.6 Å². The van der Waals surface area contributed by atoms with E-state index in [4.69, 9.17) is 0 Å². The maximum Gasteiger partial charge on any atom is 0.0327 e. The molecule has 2 heteroatoms. The quantitative estimate of drug-likeness (QED) is 0.601. The minimum atomic E-state index is 0.462. The van der Waals surface area contributed by atoms with Gasteiger partial charge in [0.05, 0.1) is 0 Å². The lowest BCUT2D eigenvalue weighted by molar-refractivity contribution is 0.0617. The largest absolute Gasteiger partial charge is 0.149 e. The lowest BCUT2D eigenvalue weighted by Gasteiger charge is -2.03. The van der Waals surface area contributed by atoms with Crippen LogP contribution in [0.2, 0.25) is 0 Å². The van der Waals surface area contributed by atoms with Gasteiger partial charge in [-0.3, -0.25) is 0 Å². The van der Waals surface area contributed by atoms with Crippen molar-refractivity contribution in [2.45, 2.75) is 6.42 Å². The van der Waals surface area contributed by atoms with Crippen LogP contribution in [-0.4, -0.2) is 18.7 Å². The lowest BCUT2D eigenvalue weighted by atomic mass is 10.1. The molecular formula is C9H12FN. The second-order valence-corrected chi connectivity index (χ2v) is 2.56. The standard InChI is InChI=1S/C9H12FN/c1-11(10)8-7-9-5-3-2-4-6-9/h2-6H,7-8H2,1H3. The highest BCUT2D eigenvalue weighted by atomic mass is 19.2. The first-order chi connectivity index (χ1) is 5.29. The molecule has 0 atom stereocenters. The zero-order valence-electron chi connectivity index (χ0n) is 6.63. The summed E-state index contributed by atoms with van der Waals surface area (Å²) in [6.07, 6.45) is 0.772. The van der Waals surface area contributed by atoms with Gasteiger partial charge in [-0.05, 0) is 12.0 Å². The van der Waals surface area contributed by atoms with E-state index in [0.717, 1.165) is 6.42 Å². The molecule has 0 spiro atoms. The van der Waals surface area contributed by atoms with E-state index in [9.17, 15) is 4.48 Å². The molecule has 0 fully saturated rings. The Kier molecular flexibility index (Phi) is 3.05. The Morgan fingerprint density at radius 2 is 1.91 bits per heavy atom. The third-order valence-electron chi connectivity index (χ3n) is 1.55. The minimum Gasteiger partial charge on any atom is -0.149 e. The molecule has 0 unspecified atom stereocenters. The Morgan fingerprint density at radius 1 is 1.27 bits per heavy atom. The van der Waals surface area contributed by atoms with E-state index in [1.807, 2.05) is 30.3 Å². The second-order valence-electron chi connectivity index (χ2n) is 2.56. The van der Waals surface area contributed by atoms with E-state index in [0.29, 0.717) is 11.7 Å². The molecule has 1 rings (SSSR count). The van der Waals surface area contributed by atoms with Crippen LogP contribution in [0.25, 0.3) is 0 Å². The number of likely N-dealkylation sites (N-methyl/N-ethyl adjacent to an activating group) is 1. The van der Waals surface area contributed by atoms with Crippen molar-refractivity contribution in [3.8, 4) is 0 Å². The van der Waals surface area contributed by atoms with Crippen LogP contribution in [0.4, 0.5) is 4.48 Å². The van der Waals surface area contributed by atoms with Crippen LogP contribution < -0.4 is 0 Å². The summed E-state index contributed by atoms with van der Waals surface area (Å²) in [5.41, 5.74) is 1.18. The summed E-state index contributed by atoms with van der Waals surface area (Å²) in [5, 5.41) is 0.701. The first-order valence-electron chi connectivity index (χ1n) is 3.70. The third kappa shape index (κ3) is 3.14. The number of rotatable bonds is 3. The molecule has 1 aromatic carbocycles. The molecule has 60 valence electrons. The van der Waals surface area contributed by atoms with Crippen molar-refractivity contribution in [3.63, 3.8) is 0 Å². The highest BCUT2D eigenvalue weighted by Crippen LogP contribution is 1.99. The van der Waals surface area contributed by atoms with E-state index >= 15 is 0 Å². The van der Waals surface area contributed by atoms with Crippen molar-refractivity contribution in [2.75, 3.05) is 13.6 Å². The van der Waals surface area contributed by atoms with Crippen molar-refractivity contribution in [1.29, 1.82) is 0 Å². The van der Waals surface area contributed by atoms with Crippen LogP contribution in [0.3, 0.4) is 0 Å². The van der Waals surface area contributed by atoms with Gasteiger partial charge in [-0.25, -0.2) is 0 Å². The van der Waals surface area contributed by atoms with Gasteiger partial charge < -0.3 is 0 Å². The average molecular weight is 153 g/mol. The second kappa shape index (κ2) is 4.09. The molecule has 0 aliphatic heterocycles. The van der Waals surface area contributed by atoms with Gasteiger partial charge in [0.2, 0.25) is 0 Å². The number of benzene rings is 1. The molecule has 0 aliphatic carbocycles. The monoisotopic (exact) mass is 153 g/mol. The maximum absolute atomic E-state index is 12.2. The van der Waals surface area contributed by atoms with Gasteiger partial charge in [0, 0.05) is 13.6 Å². The molecule has 0 aromatic heterocycles. The van der Waals surface area contributed by atoms with Gasteiger partial charge >= 0.3 is 0 Å². The van der Waals surface area contributed by atoms with Gasteiger partial charge in [0.1, 0.15) is 0 Å². The normalized spacial score (nSPS) is 10.5. The molecule has 11 heavy (non-hydrogen) atoms.